The lowest BCUT2D eigenvalue weighted by Gasteiger charge is -2.17. The van der Waals surface area contributed by atoms with Gasteiger partial charge in [0.15, 0.2) is 5.82 Å². The lowest BCUT2D eigenvalue weighted by Crippen LogP contribution is -2.03. The zero-order chi connectivity index (χ0) is 8.39. The molecule has 66 valence electrons. The van der Waals surface area contributed by atoms with Crippen LogP contribution in [-0.2, 0) is 0 Å². The second-order valence-electron chi connectivity index (χ2n) is 2.76. The van der Waals surface area contributed by atoms with Crippen molar-refractivity contribution in [1.29, 1.82) is 0 Å². The smallest absolute Gasteiger partial charge is 0.203 e. The number of halogens is 1. The summed E-state index contributed by atoms with van der Waals surface area (Å²) in [5, 5.41) is 0.502. The van der Waals surface area contributed by atoms with Crippen LogP contribution in [0, 0.1) is 0 Å². The van der Waals surface area contributed by atoms with Crippen LogP contribution in [0.1, 0.15) is 30.3 Å². The Morgan fingerprint density at radius 1 is 1.42 bits per heavy atom. The second kappa shape index (κ2) is 3.94. The van der Waals surface area contributed by atoms with Gasteiger partial charge in [-0.25, -0.2) is 4.98 Å². The maximum Gasteiger partial charge on any atom is 0.203 e. The summed E-state index contributed by atoms with van der Waals surface area (Å²) in [6.45, 7) is 0. The van der Waals surface area contributed by atoms with Gasteiger partial charge >= 0.3 is 0 Å². The van der Waals surface area contributed by atoms with Gasteiger partial charge in [0.05, 0.1) is 5.25 Å². The van der Waals surface area contributed by atoms with Gasteiger partial charge in [0.1, 0.15) is 0 Å². The van der Waals surface area contributed by atoms with Crippen LogP contribution in [0.15, 0.2) is 0 Å². The Kier molecular flexibility index (Phi) is 2.88. The molecule has 1 atom stereocenters. The summed E-state index contributed by atoms with van der Waals surface area (Å²) in [5.74, 6) is 2.18. The molecule has 2 rings (SSSR count). The maximum absolute atomic E-state index is 5.72. The zero-order valence-corrected chi connectivity index (χ0v) is 8.88. The Morgan fingerprint density at radius 3 is 2.92 bits per heavy atom. The van der Waals surface area contributed by atoms with Crippen molar-refractivity contribution in [3.63, 3.8) is 0 Å². The van der Waals surface area contributed by atoms with Crippen LogP contribution >= 0.6 is 34.9 Å². The summed E-state index contributed by atoms with van der Waals surface area (Å²) < 4.78 is 4.78. The first-order chi connectivity index (χ1) is 5.86. The van der Waals surface area contributed by atoms with Gasteiger partial charge < -0.3 is 0 Å². The Labute approximate surface area is 84.9 Å². The van der Waals surface area contributed by atoms with Crippen LogP contribution in [0.5, 0.6) is 0 Å². The Bertz CT molecular complexity index is 258. The summed E-state index contributed by atoms with van der Waals surface area (Å²) in [5.41, 5.74) is 0. The van der Waals surface area contributed by atoms with Crippen molar-refractivity contribution >= 4 is 34.9 Å². The fourth-order valence-corrected chi connectivity index (χ4v) is 3.26. The summed E-state index contributed by atoms with van der Waals surface area (Å²) in [6.07, 6.45) is 3.84. The monoisotopic (exact) mass is 220 g/mol. The van der Waals surface area contributed by atoms with Crippen LogP contribution in [-0.4, -0.2) is 15.1 Å². The first-order valence-electron chi connectivity index (χ1n) is 3.97. The average Bonchev–Trinajstić information content (AvgIpc) is 2.54. The minimum atomic E-state index is 0.502. The number of hydrogen-bond donors (Lipinski definition) is 0. The van der Waals surface area contributed by atoms with Gasteiger partial charge in [-0.15, -0.1) is 0 Å². The van der Waals surface area contributed by atoms with E-state index in [0.29, 0.717) is 9.72 Å². The van der Waals surface area contributed by atoms with Crippen molar-refractivity contribution in [2.75, 3.05) is 5.75 Å². The van der Waals surface area contributed by atoms with Crippen LogP contribution in [0.4, 0.5) is 0 Å². The largest absolute Gasteiger partial charge is 0.207 e. The average molecular weight is 221 g/mol. The van der Waals surface area contributed by atoms with Crippen LogP contribution in [0.3, 0.4) is 0 Å². The van der Waals surface area contributed by atoms with E-state index in [1.165, 1.54) is 36.5 Å². The fraction of sp³-hybridized carbons (Fsp3) is 0.714. The van der Waals surface area contributed by atoms with Gasteiger partial charge in [-0.05, 0) is 41.7 Å². The minimum absolute atomic E-state index is 0.502. The van der Waals surface area contributed by atoms with Crippen molar-refractivity contribution in [2.24, 2.45) is 0 Å². The van der Waals surface area contributed by atoms with E-state index in [1.54, 1.807) is 0 Å². The fourth-order valence-electron chi connectivity index (χ4n) is 1.29. The van der Waals surface area contributed by atoms with Crippen LogP contribution < -0.4 is 0 Å². The van der Waals surface area contributed by atoms with Gasteiger partial charge in [-0.1, -0.05) is 6.42 Å². The van der Waals surface area contributed by atoms with E-state index in [1.807, 2.05) is 11.8 Å². The molecule has 5 heteroatoms. The lowest BCUT2D eigenvalue weighted by molar-refractivity contribution is 0.668. The normalized spacial score (nSPS) is 24.2. The molecule has 1 saturated heterocycles. The van der Waals surface area contributed by atoms with E-state index in [-0.39, 0.29) is 0 Å². The minimum Gasteiger partial charge on any atom is -0.207 e. The molecule has 0 aliphatic carbocycles. The third kappa shape index (κ3) is 1.92. The first kappa shape index (κ1) is 8.78. The molecule has 1 aromatic rings. The van der Waals surface area contributed by atoms with Gasteiger partial charge in [0.2, 0.25) is 4.47 Å². The quantitative estimate of drug-likeness (QED) is 0.727. The third-order valence-electron chi connectivity index (χ3n) is 1.88. The van der Waals surface area contributed by atoms with Crippen molar-refractivity contribution in [1.82, 2.24) is 9.36 Å². The molecule has 0 aromatic carbocycles. The van der Waals surface area contributed by atoms with Crippen molar-refractivity contribution in [3.05, 3.63) is 10.3 Å². The first-order valence-corrected chi connectivity index (χ1v) is 6.17. The van der Waals surface area contributed by atoms with Crippen molar-refractivity contribution in [2.45, 2.75) is 24.5 Å². The number of thioether (sulfide) groups is 1. The molecule has 0 N–H and O–H groups in total. The molecule has 1 aromatic heterocycles. The topological polar surface area (TPSA) is 25.8 Å². The molecule has 0 spiro atoms. The highest BCUT2D eigenvalue weighted by molar-refractivity contribution is 7.99. The molecule has 1 aliphatic rings. The molecule has 1 aliphatic heterocycles. The Balaban J connectivity index is 2.08. The molecule has 0 radical (unpaired) electrons. The van der Waals surface area contributed by atoms with Crippen LogP contribution in [0.25, 0.3) is 0 Å². The van der Waals surface area contributed by atoms with Gasteiger partial charge in [-0.3, -0.25) is 0 Å². The summed E-state index contributed by atoms with van der Waals surface area (Å²) >= 11 is 8.96. The highest BCUT2D eigenvalue weighted by Gasteiger charge is 2.19. The molecule has 1 unspecified atom stereocenters. The predicted octanol–water partition coefficient (Wildman–Crippen LogP) is 3.15. The molecule has 12 heavy (non-hydrogen) atoms. The summed E-state index contributed by atoms with van der Waals surface area (Å²) in [6, 6.07) is 0. The Hall–Kier alpha value is 0.200. The van der Waals surface area contributed by atoms with Gasteiger partial charge in [0, 0.05) is 0 Å². The maximum atomic E-state index is 5.72. The lowest BCUT2D eigenvalue weighted by atomic mass is 10.2. The van der Waals surface area contributed by atoms with Gasteiger partial charge in [0.25, 0.3) is 0 Å². The number of nitrogens with zero attached hydrogens (tertiary/aromatic N) is 2. The van der Waals surface area contributed by atoms with E-state index in [9.17, 15) is 0 Å². The van der Waals surface area contributed by atoms with E-state index in [0.717, 1.165) is 5.82 Å². The molecule has 0 saturated carbocycles. The van der Waals surface area contributed by atoms with Crippen molar-refractivity contribution in [3.8, 4) is 0 Å². The second-order valence-corrected chi connectivity index (χ2v) is 5.41. The number of aromatic nitrogens is 2. The highest BCUT2D eigenvalue weighted by atomic mass is 35.5. The van der Waals surface area contributed by atoms with E-state index in [2.05, 4.69) is 9.36 Å². The number of rotatable bonds is 1. The summed E-state index contributed by atoms with van der Waals surface area (Å²) in [4.78, 5) is 4.19. The third-order valence-corrected chi connectivity index (χ3v) is 4.07. The highest BCUT2D eigenvalue weighted by Crippen LogP contribution is 2.37. The molecular formula is C7H9ClN2S2. The Morgan fingerprint density at radius 2 is 2.33 bits per heavy atom. The molecule has 1 fully saturated rings. The van der Waals surface area contributed by atoms with E-state index < -0.39 is 0 Å². The predicted molar refractivity (Wildman–Crippen MR) is 54.0 cm³/mol. The molecule has 2 nitrogen and oxygen atoms in total. The van der Waals surface area contributed by atoms with E-state index in [4.69, 9.17) is 11.6 Å². The molecule has 0 bridgehead atoms. The van der Waals surface area contributed by atoms with Crippen LogP contribution in [0.2, 0.25) is 4.47 Å². The summed E-state index contributed by atoms with van der Waals surface area (Å²) in [7, 11) is 0. The zero-order valence-electron chi connectivity index (χ0n) is 6.49. The molecular weight excluding hydrogens is 212 g/mol. The van der Waals surface area contributed by atoms with E-state index >= 15 is 0 Å². The standard InChI is InChI=1S/C7H9ClN2S2/c8-7-9-6(10-12-7)5-3-1-2-4-11-5/h5H,1-4H2. The SMILES string of the molecule is Clc1nc(C2CCCCS2)ns1. The molecule has 2 heterocycles. The van der Waals surface area contributed by atoms with Crippen molar-refractivity contribution < 1.29 is 0 Å². The van der Waals surface area contributed by atoms with Gasteiger partial charge in [-0.2, -0.15) is 16.1 Å². The number of hydrogen-bond acceptors (Lipinski definition) is 4. The molecule has 0 amide bonds.